The maximum Gasteiger partial charge on any atom is 0.123 e. The summed E-state index contributed by atoms with van der Waals surface area (Å²) in [7, 11) is 0. The zero-order valence-electron chi connectivity index (χ0n) is 16.0. The van der Waals surface area contributed by atoms with E-state index in [0.29, 0.717) is 6.04 Å². The normalized spacial score (nSPS) is 16.3. The molecule has 0 amide bonds. The van der Waals surface area contributed by atoms with E-state index in [1.807, 2.05) is 12.1 Å². The van der Waals surface area contributed by atoms with Crippen molar-refractivity contribution in [1.29, 1.82) is 0 Å². The van der Waals surface area contributed by atoms with E-state index in [0.717, 1.165) is 18.7 Å². The van der Waals surface area contributed by atoms with Crippen molar-refractivity contribution in [3.8, 4) is 0 Å². The average Bonchev–Trinajstić information content (AvgIpc) is 3.01. The molecule has 3 heteroatoms. The van der Waals surface area contributed by atoms with Crippen LogP contribution in [0.15, 0.2) is 54.7 Å². The fourth-order valence-electron chi connectivity index (χ4n) is 4.30. The number of hydrogen-bond acceptors (Lipinski definition) is 1. The van der Waals surface area contributed by atoms with Gasteiger partial charge in [0, 0.05) is 36.2 Å². The van der Waals surface area contributed by atoms with E-state index in [1.54, 1.807) is 0 Å². The van der Waals surface area contributed by atoms with Crippen LogP contribution in [0.25, 0.3) is 10.9 Å². The van der Waals surface area contributed by atoms with Crippen LogP contribution in [-0.2, 0) is 13.1 Å². The molecule has 0 atom stereocenters. The van der Waals surface area contributed by atoms with Gasteiger partial charge < -0.3 is 9.88 Å². The van der Waals surface area contributed by atoms with Gasteiger partial charge in [-0.05, 0) is 42.2 Å². The molecule has 3 aromatic rings. The van der Waals surface area contributed by atoms with Gasteiger partial charge in [-0.25, -0.2) is 4.39 Å². The molecule has 142 valence electrons. The number of benzene rings is 2. The van der Waals surface area contributed by atoms with Gasteiger partial charge in [0.2, 0.25) is 0 Å². The molecule has 1 aromatic heterocycles. The molecule has 0 bridgehead atoms. The Bertz CT molecular complexity index is 858. The number of rotatable bonds is 5. The molecule has 0 aliphatic heterocycles. The van der Waals surface area contributed by atoms with E-state index in [-0.39, 0.29) is 5.82 Å². The second-order valence-corrected chi connectivity index (χ2v) is 7.85. The van der Waals surface area contributed by atoms with E-state index >= 15 is 0 Å². The average molecular weight is 365 g/mol. The second kappa shape index (κ2) is 8.71. The van der Waals surface area contributed by atoms with Crippen LogP contribution >= 0.6 is 0 Å². The van der Waals surface area contributed by atoms with Gasteiger partial charge >= 0.3 is 0 Å². The van der Waals surface area contributed by atoms with E-state index in [2.05, 4.69) is 40.3 Å². The molecule has 0 spiro atoms. The van der Waals surface area contributed by atoms with Crippen LogP contribution in [0.1, 0.15) is 56.1 Å². The third kappa shape index (κ3) is 4.59. The van der Waals surface area contributed by atoms with Gasteiger partial charge in [0.05, 0.1) is 0 Å². The van der Waals surface area contributed by atoms with Crippen LogP contribution in [0, 0.1) is 5.82 Å². The Balaban J connectivity index is 1.51. The maximum atomic E-state index is 13.2. The number of nitrogens with one attached hydrogen (secondary N) is 1. The molecule has 0 saturated heterocycles. The Kier molecular flexibility index (Phi) is 5.88. The van der Waals surface area contributed by atoms with Crippen LogP contribution in [-0.4, -0.2) is 10.6 Å². The second-order valence-electron chi connectivity index (χ2n) is 7.85. The Hall–Kier alpha value is -2.13. The number of halogens is 1. The molecular formula is C24H29FN2. The van der Waals surface area contributed by atoms with Gasteiger partial charge in [-0.3, -0.25) is 0 Å². The summed E-state index contributed by atoms with van der Waals surface area (Å²) in [4.78, 5) is 0. The predicted octanol–water partition coefficient (Wildman–Crippen LogP) is 6.03. The van der Waals surface area contributed by atoms with Crippen molar-refractivity contribution in [2.24, 2.45) is 0 Å². The van der Waals surface area contributed by atoms with Crippen LogP contribution in [0.3, 0.4) is 0 Å². The van der Waals surface area contributed by atoms with Crippen molar-refractivity contribution in [1.82, 2.24) is 9.88 Å². The van der Waals surface area contributed by atoms with Crippen LogP contribution in [0.5, 0.6) is 0 Å². The van der Waals surface area contributed by atoms with E-state index in [9.17, 15) is 4.39 Å². The molecule has 1 fully saturated rings. The molecule has 1 aliphatic carbocycles. The first-order valence-corrected chi connectivity index (χ1v) is 10.3. The van der Waals surface area contributed by atoms with Crippen molar-refractivity contribution in [3.05, 3.63) is 71.7 Å². The van der Waals surface area contributed by atoms with Crippen molar-refractivity contribution >= 4 is 10.9 Å². The summed E-state index contributed by atoms with van der Waals surface area (Å²) in [5.41, 5.74) is 3.72. The Morgan fingerprint density at radius 3 is 2.37 bits per heavy atom. The lowest BCUT2D eigenvalue weighted by molar-refractivity contribution is 0.389. The monoisotopic (exact) mass is 364 g/mol. The molecule has 1 aliphatic rings. The van der Waals surface area contributed by atoms with Crippen molar-refractivity contribution in [2.45, 2.75) is 64.1 Å². The molecule has 2 aromatic carbocycles. The Morgan fingerprint density at radius 2 is 1.59 bits per heavy atom. The minimum atomic E-state index is -0.180. The van der Waals surface area contributed by atoms with Crippen LogP contribution < -0.4 is 5.32 Å². The van der Waals surface area contributed by atoms with E-state index < -0.39 is 0 Å². The van der Waals surface area contributed by atoms with Crippen molar-refractivity contribution in [2.75, 3.05) is 0 Å². The molecule has 1 heterocycles. The van der Waals surface area contributed by atoms with Crippen LogP contribution in [0.4, 0.5) is 4.39 Å². The minimum Gasteiger partial charge on any atom is -0.343 e. The molecule has 4 rings (SSSR count). The first-order valence-electron chi connectivity index (χ1n) is 10.3. The maximum absolute atomic E-state index is 13.2. The standard InChI is InChI=1S/C24H29FN2/c25-21-14-12-19(13-15-21)17-27-18-20(23-10-6-7-11-24(23)27)16-26-22-8-4-2-1-3-5-9-22/h6-7,10-15,18,22,26H,1-5,8-9,16-17H2. The SMILES string of the molecule is Fc1ccc(Cn2cc(CNC3CCCCCCC3)c3ccccc32)cc1. The number of aromatic nitrogens is 1. The highest BCUT2D eigenvalue weighted by molar-refractivity contribution is 5.84. The van der Waals surface area contributed by atoms with Gasteiger partial charge in [0.25, 0.3) is 0 Å². The van der Waals surface area contributed by atoms with Gasteiger partial charge in [-0.2, -0.15) is 0 Å². The number of para-hydroxylation sites is 1. The first-order chi connectivity index (χ1) is 13.3. The first kappa shape index (κ1) is 18.2. The summed E-state index contributed by atoms with van der Waals surface area (Å²) in [6, 6.07) is 16.1. The smallest absolute Gasteiger partial charge is 0.123 e. The number of nitrogens with zero attached hydrogens (tertiary/aromatic N) is 1. The number of hydrogen-bond donors (Lipinski definition) is 1. The molecule has 1 saturated carbocycles. The zero-order valence-corrected chi connectivity index (χ0v) is 16.0. The largest absolute Gasteiger partial charge is 0.343 e. The summed E-state index contributed by atoms with van der Waals surface area (Å²) in [6.45, 7) is 1.69. The van der Waals surface area contributed by atoms with E-state index in [4.69, 9.17) is 0 Å². The highest BCUT2D eigenvalue weighted by Crippen LogP contribution is 2.24. The predicted molar refractivity (Wildman–Crippen MR) is 110 cm³/mol. The summed E-state index contributed by atoms with van der Waals surface area (Å²) in [5, 5.41) is 5.14. The minimum absolute atomic E-state index is 0.180. The van der Waals surface area contributed by atoms with Crippen molar-refractivity contribution < 1.29 is 4.39 Å². The van der Waals surface area contributed by atoms with E-state index in [1.165, 1.54) is 73.5 Å². The lowest BCUT2D eigenvalue weighted by Crippen LogP contribution is -2.29. The lowest BCUT2D eigenvalue weighted by Gasteiger charge is -2.21. The van der Waals surface area contributed by atoms with Crippen LogP contribution in [0.2, 0.25) is 0 Å². The molecule has 27 heavy (non-hydrogen) atoms. The molecular weight excluding hydrogens is 335 g/mol. The lowest BCUT2D eigenvalue weighted by atomic mass is 9.96. The van der Waals surface area contributed by atoms with Gasteiger partial charge in [-0.15, -0.1) is 0 Å². The zero-order chi connectivity index (χ0) is 18.5. The van der Waals surface area contributed by atoms with Gasteiger partial charge in [-0.1, -0.05) is 62.4 Å². The highest BCUT2D eigenvalue weighted by Gasteiger charge is 2.13. The topological polar surface area (TPSA) is 17.0 Å². The van der Waals surface area contributed by atoms with Gasteiger partial charge in [0.15, 0.2) is 0 Å². The Labute approximate surface area is 161 Å². The summed E-state index contributed by atoms with van der Waals surface area (Å²) in [5.74, 6) is -0.180. The summed E-state index contributed by atoms with van der Waals surface area (Å²) in [6.07, 6.45) is 11.7. The molecule has 2 nitrogen and oxygen atoms in total. The fraction of sp³-hybridized carbons (Fsp3) is 0.417. The summed E-state index contributed by atoms with van der Waals surface area (Å²) < 4.78 is 15.5. The van der Waals surface area contributed by atoms with Crippen molar-refractivity contribution in [3.63, 3.8) is 0 Å². The van der Waals surface area contributed by atoms with Gasteiger partial charge in [0.1, 0.15) is 5.82 Å². The molecule has 0 radical (unpaired) electrons. The highest BCUT2D eigenvalue weighted by atomic mass is 19.1. The summed E-state index contributed by atoms with van der Waals surface area (Å²) >= 11 is 0. The third-order valence-corrected chi connectivity index (χ3v) is 5.82. The molecule has 1 N–H and O–H groups in total. The Morgan fingerprint density at radius 1 is 0.889 bits per heavy atom. The number of fused-ring (bicyclic) bond motifs is 1. The third-order valence-electron chi connectivity index (χ3n) is 5.82. The molecule has 0 unspecified atom stereocenters. The quantitative estimate of drug-likeness (QED) is 0.585. The fourth-order valence-corrected chi connectivity index (χ4v) is 4.30.